The van der Waals surface area contributed by atoms with Gasteiger partial charge in [0, 0.05) is 10.8 Å². The van der Waals surface area contributed by atoms with Gasteiger partial charge in [0.25, 0.3) is 0 Å². The zero-order valence-electron chi connectivity index (χ0n) is 17.6. The standard InChI is InChI=1S/C23H22O8/c1-27-19-14-10-11-15(22(25)29-3)18(24)16(14)17(23(26)30-4)20(21(19)28-2)31-12-13-8-6-5-7-9-13/h5-11,24H,12H2,1-4H3. The van der Waals surface area contributed by atoms with E-state index in [1.54, 1.807) is 0 Å². The van der Waals surface area contributed by atoms with Gasteiger partial charge in [-0.3, -0.25) is 0 Å². The van der Waals surface area contributed by atoms with E-state index in [4.69, 9.17) is 23.7 Å². The molecule has 0 heterocycles. The lowest BCUT2D eigenvalue weighted by molar-refractivity contribution is 0.0585. The summed E-state index contributed by atoms with van der Waals surface area (Å²) in [6.45, 7) is 0.104. The third-order valence-electron chi connectivity index (χ3n) is 4.74. The Morgan fingerprint density at radius 2 is 1.45 bits per heavy atom. The third-order valence-corrected chi connectivity index (χ3v) is 4.74. The van der Waals surface area contributed by atoms with Crippen molar-refractivity contribution in [2.45, 2.75) is 6.61 Å². The molecular formula is C23H22O8. The molecule has 0 aliphatic carbocycles. The van der Waals surface area contributed by atoms with Crippen LogP contribution >= 0.6 is 0 Å². The molecule has 0 aliphatic heterocycles. The number of hydrogen-bond donors (Lipinski definition) is 1. The molecule has 0 fully saturated rings. The van der Waals surface area contributed by atoms with E-state index in [-0.39, 0.29) is 40.4 Å². The molecule has 0 saturated carbocycles. The van der Waals surface area contributed by atoms with E-state index in [1.807, 2.05) is 30.3 Å². The van der Waals surface area contributed by atoms with Gasteiger partial charge >= 0.3 is 11.9 Å². The van der Waals surface area contributed by atoms with E-state index in [9.17, 15) is 14.7 Å². The van der Waals surface area contributed by atoms with E-state index < -0.39 is 17.7 Å². The Morgan fingerprint density at radius 3 is 2.03 bits per heavy atom. The van der Waals surface area contributed by atoms with Crippen molar-refractivity contribution in [3.63, 3.8) is 0 Å². The Morgan fingerprint density at radius 1 is 0.806 bits per heavy atom. The Kier molecular flexibility index (Phi) is 6.49. The first kappa shape index (κ1) is 21.8. The quantitative estimate of drug-likeness (QED) is 0.571. The molecule has 0 atom stereocenters. The van der Waals surface area contributed by atoms with Crippen LogP contribution in [0.2, 0.25) is 0 Å². The number of fused-ring (bicyclic) bond motifs is 1. The van der Waals surface area contributed by atoms with Crippen LogP contribution in [0.5, 0.6) is 23.0 Å². The number of phenols is 1. The van der Waals surface area contributed by atoms with Crippen LogP contribution in [-0.2, 0) is 16.1 Å². The number of aromatic hydroxyl groups is 1. The van der Waals surface area contributed by atoms with Crippen LogP contribution in [0.4, 0.5) is 0 Å². The highest BCUT2D eigenvalue weighted by Crippen LogP contribution is 2.50. The lowest BCUT2D eigenvalue weighted by atomic mass is 9.97. The maximum Gasteiger partial charge on any atom is 0.342 e. The molecule has 0 amide bonds. The maximum absolute atomic E-state index is 12.8. The molecule has 0 aliphatic rings. The molecule has 1 N–H and O–H groups in total. The molecule has 8 nitrogen and oxygen atoms in total. The van der Waals surface area contributed by atoms with Gasteiger partial charge in [-0.1, -0.05) is 30.3 Å². The summed E-state index contributed by atoms with van der Waals surface area (Å²) in [5.74, 6) is -1.63. The van der Waals surface area contributed by atoms with Crippen LogP contribution in [0.3, 0.4) is 0 Å². The zero-order valence-corrected chi connectivity index (χ0v) is 17.6. The number of hydrogen-bond acceptors (Lipinski definition) is 8. The highest BCUT2D eigenvalue weighted by Gasteiger charge is 2.31. The largest absolute Gasteiger partial charge is 0.506 e. The van der Waals surface area contributed by atoms with E-state index >= 15 is 0 Å². The van der Waals surface area contributed by atoms with Gasteiger partial charge in [-0.2, -0.15) is 0 Å². The molecule has 0 radical (unpaired) electrons. The Balaban J connectivity index is 2.36. The number of ether oxygens (including phenoxy) is 5. The number of rotatable bonds is 7. The van der Waals surface area contributed by atoms with Gasteiger partial charge in [0.15, 0.2) is 11.5 Å². The number of methoxy groups -OCH3 is 4. The summed E-state index contributed by atoms with van der Waals surface area (Å²) in [5, 5.41) is 11.3. The molecule has 31 heavy (non-hydrogen) atoms. The molecule has 0 saturated heterocycles. The van der Waals surface area contributed by atoms with E-state index in [0.29, 0.717) is 5.39 Å². The first-order chi connectivity index (χ1) is 15.0. The Labute approximate surface area is 178 Å². The average molecular weight is 426 g/mol. The van der Waals surface area contributed by atoms with Gasteiger partial charge in [0.05, 0.1) is 28.4 Å². The number of carbonyl (C=O) groups is 2. The van der Waals surface area contributed by atoms with Crippen LogP contribution in [0.1, 0.15) is 26.3 Å². The third kappa shape index (κ3) is 3.92. The second-order valence-corrected chi connectivity index (χ2v) is 6.41. The van der Waals surface area contributed by atoms with Crippen LogP contribution in [-0.4, -0.2) is 45.5 Å². The molecule has 0 unspecified atom stereocenters. The van der Waals surface area contributed by atoms with E-state index in [0.717, 1.165) is 5.56 Å². The molecule has 0 aromatic heterocycles. The van der Waals surface area contributed by atoms with Gasteiger partial charge in [0.2, 0.25) is 5.75 Å². The number of carbonyl (C=O) groups excluding carboxylic acids is 2. The fraction of sp³-hybridized carbons (Fsp3) is 0.217. The minimum atomic E-state index is -0.786. The second kappa shape index (κ2) is 9.25. The van der Waals surface area contributed by atoms with E-state index in [1.165, 1.54) is 40.6 Å². The second-order valence-electron chi connectivity index (χ2n) is 6.41. The average Bonchev–Trinajstić information content (AvgIpc) is 2.81. The highest BCUT2D eigenvalue weighted by atomic mass is 16.5. The smallest absolute Gasteiger partial charge is 0.342 e. The first-order valence-electron chi connectivity index (χ1n) is 9.25. The van der Waals surface area contributed by atoms with Crippen LogP contribution in [0.15, 0.2) is 42.5 Å². The summed E-state index contributed by atoms with van der Waals surface area (Å²) in [4.78, 5) is 24.9. The maximum atomic E-state index is 12.8. The van der Waals surface area contributed by atoms with Crippen molar-refractivity contribution in [1.82, 2.24) is 0 Å². The summed E-state index contributed by atoms with van der Waals surface area (Å²) in [6.07, 6.45) is 0. The van der Waals surface area contributed by atoms with Crippen molar-refractivity contribution in [3.8, 4) is 23.0 Å². The van der Waals surface area contributed by atoms with Gasteiger partial charge in [-0.25, -0.2) is 9.59 Å². The predicted molar refractivity (Wildman–Crippen MR) is 112 cm³/mol. The van der Waals surface area contributed by atoms with Gasteiger partial charge in [-0.15, -0.1) is 0 Å². The summed E-state index contributed by atoms with van der Waals surface area (Å²) < 4.78 is 26.7. The fourth-order valence-electron chi connectivity index (χ4n) is 3.31. The van der Waals surface area contributed by atoms with Crippen molar-refractivity contribution >= 4 is 22.7 Å². The Bertz CT molecular complexity index is 1120. The molecule has 3 aromatic rings. The predicted octanol–water partition coefficient (Wildman–Crippen LogP) is 3.71. The van der Waals surface area contributed by atoms with Crippen LogP contribution in [0.25, 0.3) is 10.8 Å². The fourth-order valence-corrected chi connectivity index (χ4v) is 3.31. The van der Waals surface area contributed by atoms with Crippen molar-refractivity contribution < 1.29 is 38.4 Å². The zero-order chi connectivity index (χ0) is 22.5. The SMILES string of the molecule is COC(=O)c1ccc2c(OC)c(OC)c(OCc3ccccc3)c(C(=O)OC)c2c1O. The summed E-state index contributed by atoms with van der Waals surface area (Å²) >= 11 is 0. The normalized spacial score (nSPS) is 10.5. The number of esters is 2. The van der Waals surface area contributed by atoms with E-state index in [2.05, 4.69) is 0 Å². The van der Waals surface area contributed by atoms with Crippen molar-refractivity contribution in [2.75, 3.05) is 28.4 Å². The van der Waals surface area contributed by atoms with Gasteiger partial charge in [0.1, 0.15) is 23.5 Å². The molecular weight excluding hydrogens is 404 g/mol. The van der Waals surface area contributed by atoms with Gasteiger partial charge < -0.3 is 28.8 Å². The van der Waals surface area contributed by atoms with Crippen molar-refractivity contribution in [3.05, 3.63) is 59.2 Å². The Hall–Kier alpha value is -3.94. The molecule has 3 aromatic carbocycles. The van der Waals surface area contributed by atoms with Crippen molar-refractivity contribution in [1.29, 1.82) is 0 Å². The summed E-state index contributed by atoms with van der Waals surface area (Å²) in [5.41, 5.74) is 0.614. The topological polar surface area (TPSA) is 101 Å². The van der Waals surface area contributed by atoms with Gasteiger partial charge in [-0.05, 0) is 17.7 Å². The molecule has 162 valence electrons. The first-order valence-corrected chi connectivity index (χ1v) is 9.25. The van der Waals surface area contributed by atoms with Crippen molar-refractivity contribution in [2.24, 2.45) is 0 Å². The molecule has 0 spiro atoms. The van der Waals surface area contributed by atoms with Crippen LogP contribution < -0.4 is 14.2 Å². The lowest BCUT2D eigenvalue weighted by Gasteiger charge is -2.21. The minimum Gasteiger partial charge on any atom is -0.506 e. The highest BCUT2D eigenvalue weighted by molar-refractivity contribution is 6.15. The summed E-state index contributed by atoms with van der Waals surface area (Å²) in [6, 6.07) is 12.2. The summed E-state index contributed by atoms with van der Waals surface area (Å²) in [7, 11) is 5.22. The minimum absolute atomic E-state index is 0.0138. The number of phenolic OH excluding ortho intramolecular Hbond substituents is 1. The lowest BCUT2D eigenvalue weighted by Crippen LogP contribution is -2.11. The number of benzene rings is 3. The molecule has 8 heteroatoms. The molecule has 0 bridgehead atoms. The monoisotopic (exact) mass is 426 g/mol. The van der Waals surface area contributed by atoms with Crippen LogP contribution in [0, 0.1) is 0 Å². The molecule has 3 rings (SSSR count).